The van der Waals surface area contributed by atoms with Crippen LogP contribution in [0.25, 0.3) is 0 Å². The van der Waals surface area contributed by atoms with Gasteiger partial charge in [-0.25, -0.2) is 0 Å². The number of carboxylic acids is 1. The van der Waals surface area contributed by atoms with E-state index in [1.54, 1.807) is 14.0 Å². The van der Waals surface area contributed by atoms with E-state index in [1.165, 1.54) is 0 Å². The van der Waals surface area contributed by atoms with Crippen LogP contribution >= 0.6 is 0 Å². The molecule has 17 heavy (non-hydrogen) atoms. The van der Waals surface area contributed by atoms with Crippen LogP contribution in [0.4, 0.5) is 0 Å². The fourth-order valence-corrected chi connectivity index (χ4v) is 2.05. The van der Waals surface area contributed by atoms with Crippen molar-refractivity contribution < 1.29 is 19.4 Å². The first-order valence-electron chi connectivity index (χ1n) is 5.67. The molecule has 92 valence electrons. The average molecular weight is 236 g/mol. The number of rotatable bonds is 4. The highest BCUT2D eigenvalue weighted by Gasteiger charge is 2.20. The van der Waals surface area contributed by atoms with Gasteiger partial charge in [0.1, 0.15) is 0 Å². The number of ether oxygens (including phenoxy) is 2. The maximum atomic E-state index is 10.8. The molecule has 1 aliphatic heterocycles. The Bertz CT molecular complexity index is 439. The van der Waals surface area contributed by atoms with Gasteiger partial charge in [0, 0.05) is 12.0 Å². The van der Waals surface area contributed by atoms with E-state index in [-0.39, 0.29) is 5.92 Å². The van der Waals surface area contributed by atoms with E-state index in [9.17, 15) is 4.79 Å². The zero-order valence-electron chi connectivity index (χ0n) is 10.0. The minimum atomic E-state index is -0.777. The van der Waals surface area contributed by atoms with Crippen molar-refractivity contribution in [2.75, 3.05) is 13.7 Å². The van der Waals surface area contributed by atoms with E-state index in [1.807, 2.05) is 12.1 Å². The molecule has 0 aliphatic carbocycles. The van der Waals surface area contributed by atoms with Gasteiger partial charge < -0.3 is 14.6 Å². The van der Waals surface area contributed by atoms with E-state index in [2.05, 4.69) is 0 Å². The van der Waals surface area contributed by atoms with Crippen LogP contribution in [0.5, 0.6) is 11.5 Å². The summed E-state index contributed by atoms with van der Waals surface area (Å²) >= 11 is 0. The van der Waals surface area contributed by atoms with E-state index in [0.29, 0.717) is 18.8 Å². The molecule has 1 aromatic carbocycles. The molecule has 0 radical (unpaired) electrons. The lowest BCUT2D eigenvalue weighted by Gasteiger charge is -2.11. The molecule has 0 fully saturated rings. The van der Waals surface area contributed by atoms with Gasteiger partial charge >= 0.3 is 5.97 Å². The second-order valence-corrected chi connectivity index (χ2v) is 4.33. The van der Waals surface area contributed by atoms with Crippen LogP contribution in [-0.4, -0.2) is 24.8 Å². The van der Waals surface area contributed by atoms with Gasteiger partial charge in [-0.1, -0.05) is 13.0 Å². The maximum absolute atomic E-state index is 10.8. The number of hydrogen-bond acceptors (Lipinski definition) is 3. The molecule has 1 aliphatic rings. The average Bonchev–Trinajstić information content (AvgIpc) is 2.75. The number of methoxy groups -OCH3 is 1. The fourth-order valence-electron chi connectivity index (χ4n) is 2.05. The normalized spacial score (nSPS) is 14.9. The van der Waals surface area contributed by atoms with Gasteiger partial charge in [0.2, 0.25) is 0 Å². The minimum Gasteiger partial charge on any atom is -0.493 e. The molecule has 4 heteroatoms. The zero-order chi connectivity index (χ0) is 12.4. The second-order valence-electron chi connectivity index (χ2n) is 4.33. The molecule has 0 aromatic heterocycles. The van der Waals surface area contributed by atoms with Crippen LogP contribution in [0.15, 0.2) is 12.1 Å². The lowest BCUT2D eigenvalue weighted by Crippen LogP contribution is -2.12. The quantitative estimate of drug-likeness (QED) is 0.867. The van der Waals surface area contributed by atoms with Crippen molar-refractivity contribution in [3.63, 3.8) is 0 Å². The van der Waals surface area contributed by atoms with E-state index in [4.69, 9.17) is 14.6 Å². The number of carbonyl (C=O) groups is 1. The summed E-state index contributed by atoms with van der Waals surface area (Å²) < 4.78 is 10.8. The number of benzene rings is 1. The van der Waals surface area contributed by atoms with Crippen LogP contribution in [0, 0.1) is 5.92 Å². The van der Waals surface area contributed by atoms with Crippen molar-refractivity contribution in [2.24, 2.45) is 5.92 Å². The molecule has 1 atom stereocenters. The molecule has 4 nitrogen and oxygen atoms in total. The molecule has 2 rings (SSSR count). The Balaban J connectivity index is 2.27. The first-order valence-corrected chi connectivity index (χ1v) is 5.67. The first-order chi connectivity index (χ1) is 8.11. The molecular formula is C13H16O4. The van der Waals surface area contributed by atoms with Crippen LogP contribution in [0.3, 0.4) is 0 Å². The van der Waals surface area contributed by atoms with Gasteiger partial charge in [0.05, 0.1) is 19.6 Å². The van der Waals surface area contributed by atoms with Gasteiger partial charge in [-0.15, -0.1) is 0 Å². The summed E-state index contributed by atoms with van der Waals surface area (Å²) in [5.74, 6) is 0.340. The van der Waals surface area contributed by atoms with Gasteiger partial charge in [0.25, 0.3) is 0 Å². The van der Waals surface area contributed by atoms with Crippen molar-refractivity contribution in [1.29, 1.82) is 0 Å². The Morgan fingerprint density at radius 3 is 3.00 bits per heavy atom. The minimum absolute atomic E-state index is 0.389. The van der Waals surface area contributed by atoms with E-state index in [0.717, 1.165) is 23.3 Å². The number of fused-ring (bicyclic) bond motifs is 1. The third-order valence-electron chi connectivity index (χ3n) is 2.99. The van der Waals surface area contributed by atoms with Crippen LogP contribution in [0.1, 0.15) is 18.1 Å². The Kier molecular flexibility index (Phi) is 3.22. The number of hydrogen-bond donors (Lipinski definition) is 1. The SMILES string of the molecule is COc1cc(CC(C)C(=O)O)cc2c1OCC2. The van der Waals surface area contributed by atoms with Crippen molar-refractivity contribution in [3.05, 3.63) is 23.3 Å². The first kappa shape index (κ1) is 11.8. The third-order valence-corrected chi connectivity index (χ3v) is 2.99. The highest BCUT2D eigenvalue weighted by molar-refractivity contribution is 5.70. The summed E-state index contributed by atoms with van der Waals surface area (Å²) in [5.41, 5.74) is 2.10. The highest BCUT2D eigenvalue weighted by Crippen LogP contribution is 2.37. The van der Waals surface area contributed by atoms with Gasteiger partial charge in [0.15, 0.2) is 11.5 Å². The largest absolute Gasteiger partial charge is 0.493 e. The summed E-state index contributed by atoms with van der Waals surface area (Å²) in [6, 6.07) is 3.88. The Hall–Kier alpha value is -1.71. The summed E-state index contributed by atoms with van der Waals surface area (Å²) in [6.45, 7) is 2.38. The Morgan fingerprint density at radius 1 is 1.59 bits per heavy atom. The second kappa shape index (κ2) is 4.65. The summed E-state index contributed by atoms with van der Waals surface area (Å²) in [6.07, 6.45) is 1.37. The van der Waals surface area contributed by atoms with Gasteiger partial charge in [-0.2, -0.15) is 0 Å². The van der Waals surface area contributed by atoms with Crippen LogP contribution in [-0.2, 0) is 17.6 Å². The molecule has 0 bridgehead atoms. The monoisotopic (exact) mass is 236 g/mol. The standard InChI is InChI=1S/C13H16O4/c1-8(13(14)15)5-9-6-10-3-4-17-12(10)11(7-9)16-2/h6-8H,3-5H2,1-2H3,(H,14,15). The third kappa shape index (κ3) is 2.35. The predicted molar refractivity (Wildman–Crippen MR) is 62.7 cm³/mol. The molecule has 0 saturated heterocycles. The summed E-state index contributed by atoms with van der Waals surface area (Å²) in [5, 5.41) is 8.91. The zero-order valence-corrected chi connectivity index (χ0v) is 10.0. The van der Waals surface area contributed by atoms with Crippen molar-refractivity contribution in [1.82, 2.24) is 0 Å². The van der Waals surface area contributed by atoms with Gasteiger partial charge in [-0.3, -0.25) is 4.79 Å². The van der Waals surface area contributed by atoms with Crippen LogP contribution in [0.2, 0.25) is 0 Å². The van der Waals surface area contributed by atoms with E-state index >= 15 is 0 Å². The van der Waals surface area contributed by atoms with E-state index < -0.39 is 5.97 Å². The predicted octanol–water partition coefficient (Wildman–Crippen LogP) is 1.89. The molecule has 0 spiro atoms. The number of carboxylic acid groups (broad SMARTS) is 1. The topological polar surface area (TPSA) is 55.8 Å². The maximum Gasteiger partial charge on any atom is 0.306 e. The summed E-state index contributed by atoms with van der Waals surface area (Å²) in [7, 11) is 1.60. The molecule has 1 aromatic rings. The lowest BCUT2D eigenvalue weighted by molar-refractivity contribution is -0.141. The lowest BCUT2D eigenvalue weighted by atomic mass is 9.98. The Labute approximate surface area is 100 Å². The van der Waals surface area contributed by atoms with Crippen molar-refractivity contribution in [3.8, 4) is 11.5 Å². The van der Waals surface area contributed by atoms with Crippen LogP contribution < -0.4 is 9.47 Å². The molecule has 1 heterocycles. The van der Waals surface area contributed by atoms with Crippen molar-refractivity contribution >= 4 is 5.97 Å². The summed E-state index contributed by atoms with van der Waals surface area (Å²) in [4.78, 5) is 10.8. The Morgan fingerprint density at radius 2 is 2.35 bits per heavy atom. The molecule has 0 amide bonds. The van der Waals surface area contributed by atoms with Gasteiger partial charge in [-0.05, 0) is 18.1 Å². The molecule has 0 saturated carbocycles. The number of aliphatic carboxylic acids is 1. The molecule has 1 unspecified atom stereocenters. The fraction of sp³-hybridized carbons (Fsp3) is 0.462. The molecular weight excluding hydrogens is 220 g/mol. The molecule has 1 N–H and O–H groups in total. The smallest absolute Gasteiger partial charge is 0.306 e. The van der Waals surface area contributed by atoms with Crippen molar-refractivity contribution in [2.45, 2.75) is 19.8 Å². The highest BCUT2D eigenvalue weighted by atomic mass is 16.5.